The van der Waals surface area contributed by atoms with Gasteiger partial charge in [0.15, 0.2) is 6.61 Å². The Balaban J connectivity index is 1.86. The Bertz CT molecular complexity index is 481. The maximum atomic E-state index is 12.0. The topological polar surface area (TPSA) is 46.6 Å². The Kier molecular flexibility index (Phi) is 4.77. The lowest BCUT2D eigenvalue weighted by atomic mass is 10.0. The van der Waals surface area contributed by atoms with Crippen LogP contribution >= 0.6 is 0 Å². The first-order valence-corrected chi connectivity index (χ1v) is 7.11. The first-order valence-electron chi connectivity index (χ1n) is 7.11. The van der Waals surface area contributed by atoms with Crippen LogP contribution in [-0.4, -0.2) is 36.0 Å². The Hall–Kier alpha value is -1.84. The number of ether oxygens (including phenoxy) is 1. The highest BCUT2D eigenvalue weighted by atomic mass is 16.5. The predicted octanol–water partition coefficient (Wildman–Crippen LogP) is 2.55. The predicted molar refractivity (Wildman–Crippen MR) is 76.5 cm³/mol. The summed E-state index contributed by atoms with van der Waals surface area (Å²) in [5.74, 6) is -0.541. The van der Waals surface area contributed by atoms with Crippen LogP contribution in [0.2, 0.25) is 0 Å². The number of amides is 1. The van der Waals surface area contributed by atoms with Crippen molar-refractivity contribution < 1.29 is 14.3 Å². The van der Waals surface area contributed by atoms with Crippen molar-refractivity contribution in [3.63, 3.8) is 0 Å². The molecule has 0 saturated carbocycles. The van der Waals surface area contributed by atoms with Crippen LogP contribution in [-0.2, 0) is 9.53 Å². The van der Waals surface area contributed by atoms with E-state index in [9.17, 15) is 9.59 Å². The van der Waals surface area contributed by atoms with E-state index in [2.05, 4.69) is 0 Å². The van der Waals surface area contributed by atoms with E-state index in [1.165, 1.54) is 0 Å². The first-order chi connectivity index (χ1) is 9.58. The van der Waals surface area contributed by atoms with Crippen LogP contribution in [0.4, 0.5) is 0 Å². The van der Waals surface area contributed by atoms with Crippen LogP contribution in [0.25, 0.3) is 0 Å². The van der Waals surface area contributed by atoms with Crippen LogP contribution in [0, 0.1) is 6.92 Å². The zero-order chi connectivity index (χ0) is 14.5. The summed E-state index contributed by atoms with van der Waals surface area (Å²) in [7, 11) is 0. The fourth-order valence-corrected chi connectivity index (χ4v) is 2.45. The molecular formula is C16H21NO3. The molecule has 20 heavy (non-hydrogen) atoms. The summed E-state index contributed by atoms with van der Waals surface area (Å²) in [5.41, 5.74) is 1.56. The summed E-state index contributed by atoms with van der Waals surface area (Å²) in [6.07, 6.45) is 3.22. The molecule has 108 valence electrons. The lowest BCUT2D eigenvalue weighted by Gasteiger charge is -2.33. The van der Waals surface area contributed by atoms with E-state index in [0.717, 1.165) is 31.4 Å². The number of esters is 1. The highest BCUT2D eigenvalue weighted by Gasteiger charge is 2.24. The fraction of sp³-hybridized carbons (Fsp3) is 0.500. The monoisotopic (exact) mass is 275 g/mol. The Morgan fingerprint density at radius 1 is 1.25 bits per heavy atom. The smallest absolute Gasteiger partial charge is 0.338 e. The third-order valence-corrected chi connectivity index (χ3v) is 3.74. The summed E-state index contributed by atoms with van der Waals surface area (Å²) in [6, 6.07) is 7.38. The van der Waals surface area contributed by atoms with Gasteiger partial charge in [0, 0.05) is 12.6 Å². The number of likely N-dealkylation sites (tertiary alicyclic amines) is 1. The van der Waals surface area contributed by atoms with E-state index in [-0.39, 0.29) is 18.6 Å². The number of carbonyl (C=O) groups is 2. The van der Waals surface area contributed by atoms with Crippen LogP contribution in [0.3, 0.4) is 0 Å². The molecule has 4 heteroatoms. The van der Waals surface area contributed by atoms with Crippen LogP contribution < -0.4 is 0 Å². The molecule has 1 saturated heterocycles. The van der Waals surface area contributed by atoms with Crippen molar-refractivity contribution in [3.8, 4) is 0 Å². The average molecular weight is 275 g/mol. The SMILES string of the molecule is Cc1ccc(C(=O)OCC(=O)N2CCCCC2C)cc1. The lowest BCUT2D eigenvalue weighted by Crippen LogP contribution is -2.44. The van der Waals surface area contributed by atoms with Crippen molar-refractivity contribution in [2.24, 2.45) is 0 Å². The second-order valence-electron chi connectivity index (χ2n) is 5.37. The molecule has 1 aromatic carbocycles. The van der Waals surface area contributed by atoms with Gasteiger partial charge in [-0.15, -0.1) is 0 Å². The van der Waals surface area contributed by atoms with E-state index in [0.29, 0.717) is 5.56 Å². The number of benzene rings is 1. The summed E-state index contributed by atoms with van der Waals surface area (Å²) in [6.45, 7) is 4.59. The Morgan fingerprint density at radius 3 is 2.60 bits per heavy atom. The summed E-state index contributed by atoms with van der Waals surface area (Å²) < 4.78 is 5.10. The molecule has 1 aliphatic rings. The number of hydrogen-bond acceptors (Lipinski definition) is 3. The van der Waals surface area contributed by atoms with Gasteiger partial charge in [0.2, 0.25) is 0 Å². The minimum Gasteiger partial charge on any atom is -0.452 e. The maximum Gasteiger partial charge on any atom is 0.338 e. The van der Waals surface area contributed by atoms with Crippen LogP contribution in [0.1, 0.15) is 42.1 Å². The summed E-state index contributed by atoms with van der Waals surface area (Å²) in [4.78, 5) is 25.7. The van der Waals surface area contributed by atoms with E-state index >= 15 is 0 Å². The maximum absolute atomic E-state index is 12.0. The van der Waals surface area contributed by atoms with Gasteiger partial charge in [-0.05, 0) is 45.2 Å². The third kappa shape index (κ3) is 3.59. The van der Waals surface area contributed by atoms with Gasteiger partial charge >= 0.3 is 5.97 Å². The van der Waals surface area contributed by atoms with Crippen molar-refractivity contribution in [2.45, 2.75) is 39.2 Å². The molecule has 2 rings (SSSR count). The molecule has 0 bridgehead atoms. The second-order valence-corrected chi connectivity index (χ2v) is 5.37. The molecule has 1 fully saturated rings. The number of nitrogens with zero attached hydrogens (tertiary/aromatic N) is 1. The van der Waals surface area contributed by atoms with Crippen LogP contribution in [0.5, 0.6) is 0 Å². The number of aryl methyl sites for hydroxylation is 1. The molecule has 0 spiro atoms. The molecule has 1 heterocycles. The zero-order valence-corrected chi connectivity index (χ0v) is 12.1. The molecule has 0 radical (unpaired) electrons. The number of hydrogen-bond donors (Lipinski definition) is 0. The Labute approximate surface area is 119 Å². The van der Waals surface area contributed by atoms with Crippen molar-refractivity contribution in [1.29, 1.82) is 0 Å². The largest absolute Gasteiger partial charge is 0.452 e. The molecule has 0 aliphatic carbocycles. The lowest BCUT2D eigenvalue weighted by molar-refractivity contribution is -0.137. The molecule has 4 nitrogen and oxygen atoms in total. The standard InChI is InChI=1S/C16H21NO3/c1-12-6-8-14(9-7-12)16(19)20-11-15(18)17-10-4-3-5-13(17)2/h6-9,13H,3-5,10-11H2,1-2H3. The summed E-state index contributed by atoms with van der Waals surface area (Å²) in [5, 5.41) is 0. The van der Waals surface area contributed by atoms with Gasteiger partial charge in [0.25, 0.3) is 5.91 Å². The van der Waals surface area contributed by atoms with Gasteiger partial charge in [-0.3, -0.25) is 4.79 Å². The van der Waals surface area contributed by atoms with Gasteiger partial charge in [0.1, 0.15) is 0 Å². The number of piperidine rings is 1. The van der Waals surface area contributed by atoms with Gasteiger partial charge in [-0.2, -0.15) is 0 Å². The van der Waals surface area contributed by atoms with Crippen molar-refractivity contribution in [3.05, 3.63) is 35.4 Å². The fourth-order valence-electron chi connectivity index (χ4n) is 2.45. The number of rotatable bonds is 3. The Morgan fingerprint density at radius 2 is 1.95 bits per heavy atom. The van der Waals surface area contributed by atoms with Crippen LogP contribution in [0.15, 0.2) is 24.3 Å². The minimum absolute atomic E-state index is 0.0994. The zero-order valence-electron chi connectivity index (χ0n) is 12.1. The molecule has 0 aromatic heterocycles. The molecule has 0 N–H and O–H groups in total. The molecule has 1 unspecified atom stereocenters. The van der Waals surface area contributed by atoms with Crippen molar-refractivity contribution in [2.75, 3.05) is 13.2 Å². The summed E-state index contributed by atoms with van der Waals surface area (Å²) >= 11 is 0. The highest BCUT2D eigenvalue weighted by Crippen LogP contribution is 2.16. The molecular weight excluding hydrogens is 254 g/mol. The number of carbonyl (C=O) groups excluding carboxylic acids is 2. The second kappa shape index (κ2) is 6.55. The van der Waals surface area contributed by atoms with E-state index < -0.39 is 5.97 Å². The molecule has 1 aliphatic heterocycles. The van der Waals surface area contributed by atoms with E-state index in [1.807, 2.05) is 30.9 Å². The van der Waals surface area contributed by atoms with Gasteiger partial charge in [-0.25, -0.2) is 4.79 Å². The van der Waals surface area contributed by atoms with Gasteiger partial charge in [-0.1, -0.05) is 17.7 Å². The van der Waals surface area contributed by atoms with Gasteiger partial charge < -0.3 is 9.64 Å². The quantitative estimate of drug-likeness (QED) is 0.796. The van der Waals surface area contributed by atoms with Crippen molar-refractivity contribution >= 4 is 11.9 Å². The van der Waals surface area contributed by atoms with Crippen molar-refractivity contribution in [1.82, 2.24) is 4.90 Å². The normalized spacial score (nSPS) is 18.7. The van der Waals surface area contributed by atoms with E-state index in [4.69, 9.17) is 4.74 Å². The average Bonchev–Trinajstić information content (AvgIpc) is 2.45. The molecule has 1 atom stereocenters. The molecule has 1 aromatic rings. The van der Waals surface area contributed by atoms with E-state index in [1.54, 1.807) is 12.1 Å². The first kappa shape index (κ1) is 14.6. The minimum atomic E-state index is -0.442. The highest BCUT2D eigenvalue weighted by molar-refractivity contribution is 5.91. The molecule has 1 amide bonds. The third-order valence-electron chi connectivity index (χ3n) is 3.74. The van der Waals surface area contributed by atoms with Gasteiger partial charge in [0.05, 0.1) is 5.56 Å².